The van der Waals surface area contributed by atoms with Crippen molar-refractivity contribution in [1.82, 2.24) is 9.55 Å². The number of aromatic nitrogens is 2. The number of hydrogen-bond acceptors (Lipinski definition) is 5. The molecule has 0 saturated carbocycles. The minimum atomic E-state index is -0.559. The van der Waals surface area contributed by atoms with Gasteiger partial charge in [0.15, 0.2) is 0 Å². The Morgan fingerprint density at radius 1 is 1.14 bits per heavy atom. The predicted molar refractivity (Wildman–Crippen MR) is 139 cm³/mol. The van der Waals surface area contributed by atoms with E-state index in [1.54, 1.807) is 39.8 Å². The third kappa shape index (κ3) is 6.60. The van der Waals surface area contributed by atoms with Gasteiger partial charge in [-0.25, -0.2) is 9.78 Å². The van der Waals surface area contributed by atoms with Gasteiger partial charge in [0.05, 0.1) is 22.7 Å². The summed E-state index contributed by atoms with van der Waals surface area (Å²) in [5.41, 5.74) is 8.00. The molecule has 0 unspecified atom stereocenters. The van der Waals surface area contributed by atoms with E-state index in [0.29, 0.717) is 40.9 Å². The van der Waals surface area contributed by atoms with Gasteiger partial charge in [0.25, 0.3) is 0 Å². The van der Waals surface area contributed by atoms with Crippen molar-refractivity contribution in [3.63, 3.8) is 0 Å². The number of nitriles is 1. The minimum absolute atomic E-state index is 0.00911. The smallest absolute Gasteiger partial charge is 0.326 e. The summed E-state index contributed by atoms with van der Waals surface area (Å²) in [6, 6.07) is 13.4. The Balaban J connectivity index is 1.92. The highest BCUT2D eigenvalue weighted by Gasteiger charge is 2.22. The van der Waals surface area contributed by atoms with Gasteiger partial charge in [0, 0.05) is 37.3 Å². The molecule has 2 aromatic carbocycles. The minimum Gasteiger partial charge on any atom is -0.370 e. The lowest BCUT2D eigenvalue weighted by atomic mass is 9.91. The van der Waals surface area contributed by atoms with E-state index in [1.807, 2.05) is 45.9 Å². The fourth-order valence-electron chi connectivity index (χ4n) is 3.81. The van der Waals surface area contributed by atoms with Crippen LogP contribution >= 0.6 is 0 Å². The van der Waals surface area contributed by atoms with Gasteiger partial charge >= 0.3 is 6.03 Å². The third-order valence-corrected chi connectivity index (χ3v) is 5.40. The second kappa shape index (κ2) is 10.9. The number of hydrogen-bond donors (Lipinski definition) is 3. The molecule has 0 fully saturated rings. The zero-order chi connectivity index (χ0) is 26.5. The molecule has 4 N–H and O–H groups in total. The van der Waals surface area contributed by atoms with Crippen molar-refractivity contribution in [2.45, 2.75) is 47.1 Å². The Hall–Kier alpha value is -4.39. The molecule has 0 radical (unpaired) electrons. The maximum atomic E-state index is 12.9. The molecule has 10 nitrogen and oxygen atoms in total. The molecule has 1 aromatic heterocycles. The average molecular weight is 490 g/mol. The van der Waals surface area contributed by atoms with E-state index < -0.39 is 11.9 Å². The maximum absolute atomic E-state index is 12.9. The van der Waals surface area contributed by atoms with Gasteiger partial charge in [-0.1, -0.05) is 26.8 Å². The van der Waals surface area contributed by atoms with Gasteiger partial charge < -0.3 is 20.5 Å². The number of carbonyl (C=O) groups is 3. The lowest BCUT2D eigenvalue weighted by molar-refractivity contribution is -0.120. The number of anilines is 3. The van der Waals surface area contributed by atoms with E-state index in [1.165, 1.54) is 0 Å². The number of amides is 4. The highest BCUT2D eigenvalue weighted by atomic mass is 16.2. The molecule has 3 aromatic rings. The van der Waals surface area contributed by atoms with Crippen LogP contribution in [-0.4, -0.2) is 33.9 Å². The van der Waals surface area contributed by atoms with Crippen molar-refractivity contribution in [2.24, 2.45) is 11.1 Å². The summed E-state index contributed by atoms with van der Waals surface area (Å²) in [6.45, 7) is 8.67. The summed E-state index contributed by atoms with van der Waals surface area (Å²) in [5.74, 6) is -0.252. The first-order chi connectivity index (χ1) is 17.0. The second-order valence-electron chi connectivity index (χ2n) is 9.62. The normalized spacial score (nSPS) is 11.1. The number of nitrogens with one attached hydrogen (secondary N) is 2. The zero-order valence-corrected chi connectivity index (χ0v) is 21.0. The average Bonchev–Trinajstić information content (AvgIpc) is 3.12. The van der Waals surface area contributed by atoms with Gasteiger partial charge in [-0.2, -0.15) is 5.26 Å². The number of rotatable bonds is 8. The lowest BCUT2D eigenvalue weighted by Crippen LogP contribution is -2.33. The van der Waals surface area contributed by atoms with E-state index in [2.05, 4.69) is 15.6 Å². The van der Waals surface area contributed by atoms with E-state index in [9.17, 15) is 14.4 Å². The number of carbonyl (C=O) groups excluding carboxylic acids is 3. The van der Waals surface area contributed by atoms with Crippen LogP contribution in [0.1, 0.15) is 46.1 Å². The Bertz CT molecular complexity index is 1330. The van der Waals surface area contributed by atoms with Gasteiger partial charge in [-0.05, 0) is 48.7 Å². The molecule has 188 valence electrons. The monoisotopic (exact) mass is 489 g/mol. The van der Waals surface area contributed by atoms with Crippen molar-refractivity contribution >= 4 is 46.2 Å². The van der Waals surface area contributed by atoms with E-state index in [0.717, 1.165) is 0 Å². The molecule has 4 amide bonds. The van der Waals surface area contributed by atoms with Gasteiger partial charge in [0.2, 0.25) is 17.8 Å². The molecule has 0 aliphatic rings. The highest BCUT2D eigenvalue weighted by Crippen LogP contribution is 2.28. The Morgan fingerprint density at radius 3 is 2.53 bits per heavy atom. The Labute approximate surface area is 210 Å². The van der Waals surface area contributed by atoms with Crippen molar-refractivity contribution in [2.75, 3.05) is 22.1 Å². The summed E-state index contributed by atoms with van der Waals surface area (Å²) in [6.07, 6.45) is 0.449. The summed E-state index contributed by atoms with van der Waals surface area (Å²) in [5, 5.41) is 14.5. The van der Waals surface area contributed by atoms with Gasteiger partial charge in [0.1, 0.15) is 0 Å². The van der Waals surface area contributed by atoms with Crippen LogP contribution in [0.5, 0.6) is 0 Å². The first-order valence-corrected chi connectivity index (χ1v) is 11.7. The van der Waals surface area contributed by atoms with E-state index in [-0.39, 0.29) is 30.2 Å². The van der Waals surface area contributed by atoms with Crippen LogP contribution < -0.4 is 21.3 Å². The summed E-state index contributed by atoms with van der Waals surface area (Å²) in [7, 11) is 0. The van der Waals surface area contributed by atoms with Crippen LogP contribution in [0.2, 0.25) is 0 Å². The summed E-state index contributed by atoms with van der Waals surface area (Å²) < 4.78 is 1.70. The zero-order valence-electron chi connectivity index (χ0n) is 21.0. The summed E-state index contributed by atoms with van der Waals surface area (Å²) in [4.78, 5) is 43.3. The Morgan fingerprint density at radius 2 is 1.89 bits per heavy atom. The first kappa shape index (κ1) is 26.2. The molecule has 0 spiro atoms. The molecule has 0 bridgehead atoms. The number of aryl methyl sites for hydroxylation is 1. The Kier molecular flexibility index (Phi) is 7.94. The number of benzene rings is 2. The van der Waals surface area contributed by atoms with Gasteiger partial charge in [-0.3, -0.25) is 14.9 Å². The standard InChI is InChI=1S/C26H31N7O3/c1-5-32(23(35)15-26(2,3)4)19-9-10-21-20(14-19)30-24(33(21)12-11-22(28)34)31-25(36)29-18-8-6-7-17(13-18)16-27/h6-10,13-14H,5,11-12,15H2,1-4H3,(H2,28,34)(H2,29,30,31,36). The highest BCUT2D eigenvalue weighted by molar-refractivity contribution is 6.00. The lowest BCUT2D eigenvalue weighted by Gasteiger charge is -2.25. The van der Waals surface area contributed by atoms with Crippen LogP contribution in [-0.2, 0) is 16.1 Å². The number of imidazole rings is 1. The van der Waals surface area contributed by atoms with Crippen LogP contribution in [0.3, 0.4) is 0 Å². The van der Waals surface area contributed by atoms with E-state index in [4.69, 9.17) is 11.0 Å². The number of urea groups is 1. The first-order valence-electron chi connectivity index (χ1n) is 11.7. The molecule has 1 heterocycles. The molecule has 0 aliphatic carbocycles. The number of nitrogens with zero attached hydrogens (tertiary/aromatic N) is 4. The molecule has 0 saturated heterocycles. The van der Waals surface area contributed by atoms with Crippen LogP contribution in [0.4, 0.5) is 22.1 Å². The molecule has 0 aliphatic heterocycles. The summed E-state index contributed by atoms with van der Waals surface area (Å²) >= 11 is 0. The van der Waals surface area contributed by atoms with Crippen molar-refractivity contribution in [3.05, 3.63) is 48.0 Å². The molecule has 36 heavy (non-hydrogen) atoms. The topological polar surface area (TPSA) is 146 Å². The molecule has 3 rings (SSSR count). The van der Waals surface area contributed by atoms with Crippen molar-refractivity contribution in [3.8, 4) is 6.07 Å². The third-order valence-electron chi connectivity index (χ3n) is 5.40. The van der Waals surface area contributed by atoms with E-state index >= 15 is 0 Å². The van der Waals surface area contributed by atoms with Crippen LogP contribution in [0.25, 0.3) is 11.0 Å². The van der Waals surface area contributed by atoms with Crippen molar-refractivity contribution in [1.29, 1.82) is 5.26 Å². The molecular formula is C26H31N7O3. The second-order valence-corrected chi connectivity index (χ2v) is 9.62. The van der Waals surface area contributed by atoms with Crippen LogP contribution in [0.15, 0.2) is 42.5 Å². The number of nitrogens with two attached hydrogens (primary N) is 1. The largest absolute Gasteiger partial charge is 0.370 e. The van der Waals surface area contributed by atoms with Gasteiger partial charge in [-0.15, -0.1) is 0 Å². The number of fused-ring (bicyclic) bond motifs is 1. The quantitative estimate of drug-likeness (QED) is 0.434. The SMILES string of the molecule is CCN(C(=O)CC(C)(C)C)c1ccc2c(c1)nc(NC(=O)Nc1cccc(C#N)c1)n2CCC(N)=O. The molecular weight excluding hydrogens is 458 g/mol. The van der Waals surface area contributed by atoms with Crippen molar-refractivity contribution < 1.29 is 14.4 Å². The molecule has 10 heteroatoms. The predicted octanol–water partition coefficient (Wildman–Crippen LogP) is 4.22. The fraction of sp³-hybridized carbons (Fsp3) is 0.346. The van der Waals surface area contributed by atoms with Crippen LogP contribution in [0, 0.1) is 16.7 Å². The number of primary amides is 1. The molecule has 0 atom stereocenters. The maximum Gasteiger partial charge on any atom is 0.326 e. The fourth-order valence-corrected chi connectivity index (χ4v) is 3.81.